The number of aromatic nitrogens is 1. The van der Waals surface area contributed by atoms with Crippen LogP contribution in [0.15, 0.2) is 77.3 Å². The highest BCUT2D eigenvalue weighted by Crippen LogP contribution is 2.49. The summed E-state index contributed by atoms with van der Waals surface area (Å²) in [5.74, 6) is 1.48. The molecule has 9 heteroatoms. The van der Waals surface area contributed by atoms with Gasteiger partial charge in [-0.2, -0.15) is 0 Å². The van der Waals surface area contributed by atoms with Crippen molar-refractivity contribution in [3.8, 4) is 22.8 Å². The van der Waals surface area contributed by atoms with Gasteiger partial charge in [-0.05, 0) is 81.6 Å². The van der Waals surface area contributed by atoms with Gasteiger partial charge < -0.3 is 18.7 Å². The Morgan fingerprint density at radius 1 is 1.02 bits per heavy atom. The predicted molar refractivity (Wildman–Crippen MR) is 151 cm³/mol. The van der Waals surface area contributed by atoms with E-state index in [1.54, 1.807) is 38.1 Å². The molecular formula is C31H29ClN2O6. The molecule has 4 aromatic rings. The lowest BCUT2D eigenvalue weighted by atomic mass is 9.96. The largest absolute Gasteiger partial charge is 0.465 e. The molecule has 0 radical (unpaired) electrons. The minimum absolute atomic E-state index is 0.167. The Morgan fingerprint density at radius 2 is 1.68 bits per heavy atom. The smallest absolute Gasteiger partial charge is 0.412 e. The van der Waals surface area contributed by atoms with Gasteiger partial charge in [0.1, 0.15) is 29.0 Å². The van der Waals surface area contributed by atoms with Crippen LogP contribution in [0.1, 0.15) is 49.6 Å². The highest BCUT2D eigenvalue weighted by Gasteiger charge is 2.52. The molecule has 5 rings (SSSR count). The van der Waals surface area contributed by atoms with Crippen LogP contribution in [0.2, 0.25) is 5.02 Å². The van der Waals surface area contributed by atoms with Crippen LogP contribution in [0.25, 0.3) is 11.3 Å². The van der Waals surface area contributed by atoms with E-state index in [1.807, 2.05) is 55.5 Å². The lowest BCUT2D eigenvalue weighted by molar-refractivity contribution is -0.146. The summed E-state index contributed by atoms with van der Waals surface area (Å²) in [6.07, 6.45) is 0.384. The molecule has 1 heterocycles. The zero-order chi connectivity index (χ0) is 28.3. The van der Waals surface area contributed by atoms with E-state index in [9.17, 15) is 9.59 Å². The van der Waals surface area contributed by atoms with E-state index < -0.39 is 17.6 Å². The van der Waals surface area contributed by atoms with E-state index in [0.717, 1.165) is 18.4 Å². The first-order chi connectivity index (χ1) is 19.3. The minimum atomic E-state index is -0.653. The van der Waals surface area contributed by atoms with Gasteiger partial charge in [0, 0.05) is 16.1 Å². The molecule has 0 spiro atoms. The molecule has 8 nitrogen and oxygen atoms in total. The Labute approximate surface area is 237 Å². The zero-order valence-corrected chi connectivity index (χ0v) is 23.2. The molecule has 206 valence electrons. The molecule has 1 N–H and O–H groups in total. The van der Waals surface area contributed by atoms with Gasteiger partial charge >= 0.3 is 12.1 Å². The first kappa shape index (κ1) is 27.3. The second kappa shape index (κ2) is 11.4. The summed E-state index contributed by atoms with van der Waals surface area (Å²) in [7, 11) is 0. The number of anilines is 1. The molecule has 40 heavy (non-hydrogen) atoms. The number of benzene rings is 3. The van der Waals surface area contributed by atoms with Crippen molar-refractivity contribution in [2.45, 2.75) is 45.1 Å². The molecule has 1 fully saturated rings. The van der Waals surface area contributed by atoms with Crippen LogP contribution in [0.5, 0.6) is 11.5 Å². The number of aryl methyl sites for hydroxylation is 1. The van der Waals surface area contributed by atoms with Gasteiger partial charge in [0.2, 0.25) is 0 Å². The van der Waals surface area contributed by atoms with Crippen molar-refractivity contribution in [3.63, 3.8) is 0 Å². The van der Waals surface area contributed by atoms with Crippen molar-refractivity contribution in [2.24, 2.45) is 0 Å². The fourth-order valence-electron chi connectivity index (χ4n) is 4.53. The topological polar surface area (TPSA) is 99.9 Å². The highest BCUT2D eigenvalue weighted by molar-refractivity contribution is 6.31. The van der Waals surface area contributed by atoms with Crippen LogP contribution in [-0.2, 0) is 19.7 Å². The number of esters is 1. The van der Waals surface area contributed by atoms with Gasteiger partial charge in [-0.1, -0.05) is 47.1 Å². The Kier molecular flexibility index (Phi) is 7.80. The number of hydrogen-bond donors (Lipinski definition) is 1. The molecule has 0 saturated heterocycles. The summed E-state index contributed by atoms with van der Waals surface area (Å²) < 4.78 is 22.3. The number of ether oxygens (including phenoxy) is 3. The predicted octanol–water partition coefficient (Wildman–Crippen LogP) is 8.00. The number of carbonyl (C=O) groups excluding carboxylic acids is 2. The number of carbonyl (C=O) groups is 2. The van der Waals surface area contributed by atoms with E-state index in [-0.39, 0.29) is 5.97 Å². The number of hydrogen-bond acceptors (Lipinski definition) is 7. The summed E-state index contributed by atoms with van der Waals surface area (Å²) in [6, 6.07) is 21.9. The van der Waals surface area contributed by atoms with Crippen LogP contribution in [0.4, 0.5) is 10.5 Å². The van der Waals surface area contributed by atoms with Crippen molar-refractivity contribution >= 4 is 29.4 Å². The molecule has 3 aromatic carbocycles. The minimum Gasteiger partial charge on any atom is -0.465 e. The summed E-state index contributed by atoms with van der Waals surface area (Å²) in [5.41, 5.74) is 2.75. The van der Waals surface area contributed by atoms with E-state index in [1.165, 1.54) is 0 Å². The molecule has 1 aliphatic rings. The van der Waals surface area contributed by atoms with Crippen molar-refractivity contribution in [3.05, 3.63) is 94.6 Å². The number of rotatable bonds is 9. The molecule has 1 aromatic heterocycles. The van der Waals surface area contributed by atoms with Gasteiger partial charge in [0.25, 0.3) is 0 Å². The molecular weight excluding hydrogens is 532 g/mol. The maximum Gasteiger partial charge on any atom is 0.412 e. The van der Waals surface area contributed by atoms with Crippen molar-refractivity contribution < 1.29 is 28.3 Å². The number of nitrogens with one attached hydrogen (secondary N) is 1. The third-order valence-electron chi connectivity index (χ3n) is 6.89. The molecule has 1 aliphatic carbocycles. The summed E-state index contributed by atoms with van der Waals surface area (Å²) in [5, 5.41) is 7.28. The second-order valence-corrected chi connectivity index (χ2v) is 10.0. The monoisotopic (exact) mass is 560 g/mol. The van der Waals surface area contributed by atoms with Gasteiger partial charge in [0.15, 0.2) is 5.76 Å². The standard InChI is InChI=1S/C31H29ClN2O6/c1-4-37-29(35)31(17-18-31)22-11-15-24(16-12-22)39-23-13-9-21(10-14-23)28-27(19(2)34-40-28)33-30(36)38-20(3)25-7-5-6-8-26(25)32/h5-16,20H,4,17-18H2,1-3H3,(H,33,36). The van der Waals surface area contributed by atoms with Crippen LogP contribution >= 0.6 is 11.6 Å². The average molecular weight is 561 g/mol. The lowest BCUT2D eigenvalue weighted by Crippen LogP contribution is -2.23. The molecule has 1 atom stereocenters. The quantitative estimate of drug-likeness (QED) is 0.207. The van der Waals surface area contributed by atoms with E-state index in [2.05, 4.69) is 10.5 Å². The van der Waals surface area contributed by atoms with Crippen molar-refractivity contribution in [1.29, 1.82) is 0 Å². The highest BCUT2D eigenvalue weighted by atomic mass is 35.5. The van der Waals surface area contributed by atoms with Gasteiger partial charge in [-0.3, -0.25) is 10.1 Å². The molecule has 1 unspecified atom stereocenters. The summed E-state index contributed by atoms with van der Waals surface area (Å²) in [4.78, 5) is 25.0. The lowest BCUT2D eigenvalue weighted by Gasteiger charge is -2.15. The SMILES string of the molecule is CCOC(=O)C1(c2ccc(Oc3ccc(-c4onc(C)c4NC(=O)OC(C)c4ccccc4Cl)cc3)cc2)CC1. The molecule has 1 amide bonds. The zero-order valence-electron chi connectivity index (χ0n) is 22.4. The first-order valence-corrected chi connectivity index (χ1v) is 13.4. The Hall–Kier alpha value is -4.30. The number of nitrogens with zero attached hydrogens (tertiary/aromatic N) is 1. The van der Waals surface area contributed by atoms with E-state index in [0.29, 0.717) is 51.4 Å². The Balaban J connectivity index is 1.24. The van der Waals surface area contributed by atoms with Crippen LogP contribution in [0.3, 0.4) is 0 Å². The normalized spacial score (nSPS) is 14.2. The van der Waals surface area contributed by atoms with Gasteiger partial charge in [-0.15, -0.1) is 0 Å². The summed E-state index contributed by atoms with van der Waals surface area (Å²) in [6.45, 7) is 5.67. The fourth-order valence-corrected chi connectivity index (χ4v) is 4.82. The maximum absolute atomic E-state index is 12.7. The number of halogens is 1. The van der Waals surface area contributed by atoms with Crippen LogP contribution < -0.4 is 10.1 Å². The third-order valence-corrected chi connectivity index (χ3v) is 7.24. The molecule has 1 saturated carbocycles. The van der Waals surface area contributed by atoms with Crippen LogP contribution in [0, 0.1) is 6.92 Å². The second-order valence-electron chi connectivity index (χ2n) is 9.62. The Bertz CT molecular complexity index is 1510. The maximum atomic E-state index is 12.7. The van der Waals surface area contributed by atoms with Gasteiger partial charge in [-0.25, -0.2) is 4.79 Å². The fraction of sp³-hybridized carbons (Fsp3) is 0.258. The number of amides is 1. The van der Waals surface area contributed by atoms with E-state index in [4.69, 9.17) is 30.3 Å². The Morgan fingerprint density at radius 3 is 2.30 bits per heavy atom. The van der Waals surface area contributed by atoms with E-state index >= 15 is 0 Å². The van der Waals surface area contributed by atoms with Gasteiger partial charge in [0.05, 0.1) is 12.0 Å². The average Bonchev–Trinajstić information content (AvgIpc) is 3.69. The van der Waals surface area contributed by atoms with Crippen molar-refractivity contribution in [1.82, 2.24) is 5.16 Å². The van der Waals surface area contributed by atoms with Crippen LogP contribution in [-0.4, -0.2) is 23.8 Å². The van der Waals surface area contributed by atoms with Crippen molar-refractivity contribution in [2.75, 3.05) is 11.9 Å². The first-order valence-electron chi connectivity index (χ1n) is 13.0. The summed E-state index contributed by atoms with van der Waals surface area (Å²) >= 11 is 6.23. The third kappa shape index (κ3) is 5.67. The molecule has 0 bridgehead atoms. The molecule has 0 aliphatic heterocycles.